The lowest BCUT2D eigenvalue weighted by Crippen LogP contribution is -2.36. The lowest BCUT2D eigenvalue weighted by molar-refractivity contribution is 0.0985. The third-order valence-electron chi connectivity index (χ3n) is 3.22. The molecule has 0 bridgehead atoms. The van der Waals surface area contributed by atoms with E-state index in [4.69, 9.17) is 5.73 Å². The zero-order valence-electron chi connectivity index (χ0n) is 12.5. The van der Waals surface area contributed by atoms with Gasteiger partial charge in [0.1, 0.15) is 0 Å². The summed E-state index contributed by atoms with van der Waals surface area (Å²) in [4.78, 5) is 16.6. The molecule has 0 aromatic heterocycles. The second-order valence-corrected chi connectivity index (χ2v) is 5.22. The van der Waals surface area contributed by atoms with Crippen LogP contribution in [-0.2, 0) is 0 Å². The number of amides is 1. The van der Waals surface area contributed by atoms with Crippen LogP contribution in [0, 0.1) is 0 Å². The largest absolute Gasteiger partial charge is 0.399 e. The molecule has 4 nitrogen and oxygen atoms in total. The highest BCUT2D eigenvalue weighted by atomic mass is 16.2. The van der Waals surface area contributed by atoms with Gasteiger partial charge in [-0.2, -0.15) is 0 Å². The number of hydrogen-bond acceptors (Lipinski definition) is 3. The number of benzene rings is 2. The van der Waals surface area contributed by atoms with Gasteiger partial charge >= 0.3 is 0 Å². The van der Waals surface area contributed by atoms with E-state index in [9.17, 15) is 4.79 Å². The number of carbonyl (C=O) groups is 1. The first-order valence-electron chi connectivity index (χ1n) is 6.95. The van der Waals surface area contributed by atoms with Crippen LogP contribution in [0.15, 0.2) is 54.6 Å². The van der Waals surface area contributed by atoms with E-state index in [0.717, 1.165) is 12.2 Å². The van der Waals surface area contributed by atoms with Crippen molar-refractivity contribution in [2.75, 3.05) is 37.8 Å². The number of anilines is 2. The molecule has 21 heavy (non-hydrogen) atoms. The van der Waals surface area contributed by atoms with Crippen LogP contribution >= 0.6 is 0 Å². The van der Waals surface area contributed by atoms with E-state index in [1.165, 1.54) is 0 Å². The van der Waals surface area contributed by atoms with Gasteiger partial charge in [0.05, 0.1) is 0 Å². The molecule has 0 atom stereocenters. The Kier molecular flexibility index (Phi) is 4.95. The topological polar surface area (TPSA) is 49.6 Å². The minimum atomic E-state index is -0.0321. The molecule has 2 rings (SSSR count). The van der Waals surface area contributed by atoms with Crippen molar-refractivity contribution in [1.29, 1.82) is 0 Å². The zero-order chi connectivity index (χ0) is 15.2. The molecule has 0 fully saturated rings. The predicted octanol–water partition coefficient (Wildman–Crippen LogP) is 2.48. The SMILES string of the molecule is CN(C)CCN(C(=O)c1cccc(N)c1)c1ccccc1. The summed E-state index contributed by atoms with van der Waals surface area (Å²) in [6.07, 6.45) is 0. The zero-order valence-corrected chi connectivity index (χ0v) is 12.5. The van der Waals surface area contributed by atoms with E-state index in [1.807, 2.05) is 44.4 Å². The normalized spacial score (nSPS) is 10.6. The fourth-order valence-corrected chi connectivity index (χ4v) is 2.08. The Balaban J connectivity index is 2.28. The molecule has 0 heterocycles. The van der Waals surface area contributed by atoms with Gasteiger partial charge in [0.25, 0.3) is 5.91 Å². The van der Waals surface area contributed by atoms with E-state index in [-0.39, 0.29) is 5.91 Å². The number of carbonyl (C=O) groups excluding carboxylic acids is 1. The average Bonchev–Trinajstić information content (AvgIpc) is 2.48. The van der Waals surface area contributed by atoms with Crippen LogP contribution in [0.1, 0.15) is 10.4 Å². The van der Waals surface area contributed by atoms with Gasteiger partial charge in [-0.25, -0.2) is 0 Å². The number of nitrogens with zero attached hydrogens (tertiary/aromatic N) is 2. The number of nitrogens with two attached hydrogens (primary N) is 1. The molecule has 2 aromatic rings. The molecule has 0 spiro atoms. The maximum atomic E-state index is 12.8. The number of nitrogen functional groups attached to an aromatic ring is 1. The summed E-state index contributed by atoms with van der Waals surface area (Å²) in [7, 11) is 3.99. The molecule has 0 radical (unpaired) electrons. The van der Waals surface area contributed by atoms with E-state index in [0.29, 0.717) is 17.8 Å². The molecular formula is C17H21N3O. The van der Waals surface area contributed by atoms with E-state index in [2.05, 4.69) is 4.90 Å². The molecule has 2 N–H and O–H groups in total. The fraction of sp³-hybridized carbons (Fsp3) is 0.235. The van der Waals surface area contributed by atoms with Gasteiger partial charge in [-0.1, -0.05) is 24.3 Å². The monoisotopic (exact) mass is 283 g/mol. The van der Waals surface area contributed by atoms with Crippen molar-refractivity contribution in [3.8, 4) is 0 Å². The van der Waals surface area contributed by atoms with E-state index < -0.39 is 0 Å². The standard InChI is InChI=1S/C17H21N3O/c1-19(2)11-12-20(16-9-4-3-5-10-16)17(21)14-7-6-8-15(18)13-14/h3-10,13H,11-12,18H2,1-2H3. The van der Waals surface area contributed by atoms with Gasteiger partial charge in [-0.05, 0) is 44.4 Å². The molecular weight excluding hydrogens is 262 g/mol. The van der Waals surface area contributed by atoms with Gasteiger partial charge in [0.15, 0.2) is 0 Å². The molecule has 110 valence electrons. The Morgan fingerprint density at radius 1 is 1.00 bits per heavy atom. The smallest absolute Gasteiger partial charge is 0.258 e. The maximum absolute atomic E-state index is 12.8. The molecule has 0 unspecified atom stereocenters. The minimum absolute atomic E-state index is 0.0321. The number of rotatable bonds is 5. The van der Waals surface area contributed by atoms with Crippen molar-refractivity contribution in [3.05, 3.63) is 60.2 Å². The summed E-state index contributed by atoms with van der Waals surface area (Å²) in [6, 6.07) is 16.8. The molecule has 0 aliphatic heterocycles. The highest BCUT2D eigenvalue weighted by Gasteiger charge is 2.17. The summed E-state index contributed by atoms with van der Waals surface area (Å²) in [5, 5.41) is 0. The van der Waals surface area contributed by atoms with Crippen LogP contribution in [0.3, 0.4) is 0 Å². The summed E-state index contributed by atoms with van der Waals surface area (Å²) >= 11 is 0. The van der Waals surface area contributed by atoms with Crippen molar-refractivity contribution >= 4 is 17.3 Å². The number of para-hydroxylation sites is 1. The summed E-state index contributed by atoms with van der Waals surface area (Å²) in [6.45, 7) is 1.42. The van der Waals surface area contributed by atoms with Gasteiger partial charge in [-0.3, -0.25) is 4.79 Å². The molecule has 0 saturated carbocycles. The third-order valence-corrected chi connectivity index (χ3v) is 3.22. The van der Waals surface area contributed by atoms with Crippen LogP contribution < -0.4 is 10.6 Å². The lowest BCUT2D eigenvalue weighted by Gasteiger charge is -2.24. The van der Waals surface area contributed by atoms with Crippen molar-refractivity contribution in [3.63, 3.8) is 0 Å². The van der Waals surface area contributed by atoms with Crippen LogP contribution in [0.5, 0.6) is 0 Å². The minimum Gasteiger partial charge on any atom is -0.399 e. The van der Waals surface area contributed by atoms with Crippen LogP contribution in [0.25, 0.3) is 0 Å². The number of likely N-dealkylation sites (N-methyl/N-ethyl adjacent to an activating group) is 1. The molecule has 0 saturated heterocycles. The van der Waals surface area contributed by atoms with Crippen molar-refractivity contribution in [2.24, 2.45) is 0 Å². The molecule has 4 heteroatoms. The first-order valence-corrected chi connectivity index (χ1v) is 6.95. The highest BCUT2D eigenvalue weighted by Crippen LogP contribution is 2.18. The Bertz CT molecular complexity index is 596. The predicted molar refractivity (Wildman–Crippen MR) is 87.5 cm³/mol. The molecule has 1 amide bonds. The molecule has 0 aliphatic carbocycles. The van der Waals surface area contributed by atoms with Crippen molar-refractivity contribution in [1.82, 2.24) is 4.90 Å². The molecule has 2 aromatic carbocycles. The second kappa shape index (κ2) is 6.90. The Morgan fingerprint density at radius 2 is 1.71 bits per heavy atom. The Labute approximate surface area is 125 Å². The lowest BCUT2D eigenvalue weighted by atomic mass is 10.1. The van der Waals surface area contributed by atoms with Crippen molar-refractivity contribution < 1.29 is 4.79 Å². The van der Waals surface area contributed by atoms with Gasteiger partial charge in [-0.15, -0.1) is 0 Å². The quantitative estimate of drug-likeness (QED) is 0.858. The summed E-state index contributed by atoms with van der Waals surface area (Å²) < 4.78 is 0. The van der Waals surface area contributed by atoms with E-state index >= 15 is 0 Å². The summed E-state index contributed by atoms with van der Waals surface area (Å²) in [5.41, 5.74) is 7.88. The van der Waals surface area contributed by atoms with Crippen molar-refractivity contribution in [2.45, 2.75) is 0 Å². The number of hydrogen-bond donors (Lipinski definition) is 1. The maximum Gasteiger partial charge on any atom is 0.258 e. The first kappa shape index (κ1) is 15.1. The second-order valence-electron chi connectivity index (χ2n) is 5.22. The van der Waals surface area contributed by atoms with Gasteiger partial charge < -0.3 is 15.5 Å². The Hall–Kier alpha value is -2.33. The van der Waals surface area contributed by atoms with Gasteiger partial charge in [0, 0.05) is 30.0 Å². The van der Waals surface area contributed by atoms with Crippen LogP contribution in [-0.4, -0.2) is 38.0 Å². The van der Waals surface area contributed by atoms with E-state index in [1.54, 1.807) is 29.2 Å². The highest BCUT2D eigenvalue weighted by molar-refractivity contribution is 6.06. The molecule has 0 aliphatic rings. The Morgan fingerprint density at radius 3 is 2.33 bits per heavy atom. The van der Waals surface area contributed by atoms with Gasteiger partial charge in [0.2, 0.25) is 0 Å². The average molecular weight is 283 g/mol. The van der Waals surface area contributed by atoms with Crippen LogP contribution in [0.2, 0.25) is 0 Å². The van der Waals surface area contributed by atoms with Crippen LogP contribution in [0.4, 0.5) is 11.4 Å². The first-order chi connectivity index (χ1) is 10.1. The fourth-order valence-electron chi connectivity index (χ4n) is 2.08. The third kappa shape index (κ3) is 4.07. The summed E-state index contributed by atoms with van der Waals surface area (Å²) in [5.74, 6) is -0.0321.